The van der Waals surface area contributed by atoms with Gasteiger partial charge in [-0.3, -0.25) is 4.79 Å². The zero-order valence-electron chi connectivity index (χ0n) is 8.43. The molecule has 3 nitrogen and oxygen atoms in total. The van der Waals surface area contributed by atoms with E-state index < -0.39 is 6.10 Å². The minimum Gasteiger partial charge on any atom is -0.392 e. The predicted octanol–water partition coefficient (Wildman–Crippen LogP) is 2.61. The van der Waals surface area contributed by atoms with Gasteiger partial charge in [0.2, 0.25) is 0 Å². The third-order valence-electron chi connectivity index (χ3n) is 1.80. The summed E-state index contributed by atoms with van der Waals surface area (Å²) in [4.78, 5) is 11.8. The Morgan fingerprint density at radius 1 is 1.44 bits per heavy atom. The standard InChI is InChI=1S/C10H10I3NO2/c1-5(15)4-14-10(16)7-2-6(11)3-8(12)9(7)13/h2-3,5,15H,4H2,1H3,(H,14,16)/t5-/m1/s1. The van der Waals surface area contributed by atoms with Gasteiger partial charge < -0.3 is 10.4 Å². The van der Waals surface area contributed by atoms with E-state index in [-0.39, 0.29) is 12.5 Å². The summed E-state index contributed by atoms with van der Waals surface area (Å²) < 4.78 is 3.04. The van der Waals surface area contributed by atoms with Gasteiger partial charge in [-0.15, -0.1) is 0 Å². The molecule has 1 atom stereocenters. The van der Waals surface area contributed by atoms with E-state index in [1.54, 1.807) is 6.92 Å². The normalized spacial score (nSPS) is 12.3. The van der Waals surface area contributed by atoms with Gasteiger partial charge in [-0.2, -0.15) is 0 Å². The Morgan fingerprint density at radius 2 is 2.06 bits per heavy atom. The summed E-state index contributed by atoms with van der Waals surface area (Å²) in [6, 6.07) is 3.87. The predicted molar refractivity (Wildman–Crippen MR) is 88.6 cm³/mol. The maximum Gasteiger partial charge on any atom is 0.252 e. The van der Waals surface area contributed by atoms with Crippen LogP contribution in [-0.4, -0.2) is 23.7 Å². The molecule has 0 aliphatic carbocycles. The lowest BCUT2D eigenvalue weighted by molar-refractivity contribution is 0.0923. The van der Waals surface area contributed by atoms with Crippen LogP contribution in [0.4, 0.5) is 0 Å². The van der Waals surface area contributed by atoms with E-state index in [2.05, 4.69) is 73.1 Å². The van der Waals surface area contributed by atoms with E-state index in [1.165, 1.54) is 0 Å². The number of nitrogens with one attached hydrogen (secondary N) is 1. The molecule has 1 amide bonds. The molecule has 0 heterocycles. The summed E-state index contributed by atoms with van der Waals surface area (Å²) in [6.07, 6.45) is -0.525. The zero-order chi connectivity index (χ0) is 12.3. The topological polar surface area (TPSA) is 49.3 Å². The Hall–Kier alpha value is 0.840. The second-order valence-corrected chi connectivity index (χ2v) is 6.79. The molecular formula is C10H10I3NO2. The van der Waals surface area contributed by atoms with Gasteiger partial charge in [0.25, 0.3) is 5.91 Å². The number of aliphatic hydroxyl groups is 1. The summed E-state index contributed by atoms with van der Waals surface area (Å²) in [5.74, 6) is -0.137. The van der Waals surface area contributed by atoms with Crippen LogP contribution in [0.3, 0.4) is 0 Å². The second kappa shape index (κ2) is 6.69. The van der Waals surface area contributed by atoms with Gasteiger partial charge in [-0.25, -0.2) is 0 Å². The highest BCUT2D eigenvalue weighted by Gasteiger charge is 2.13. The first-order valence-corrected chi connectivity index (χ1v) is 7.76. The summed E-state index contributed by atoms with van der Waals surface area (Å²) in [5, 5.41) is 11.8. The van der Waals surface area contributed by atoms with Crippen molar-refractivity contribution in [2.24, 2.45) is 0 Å². The van der Waals surface area contributed by atoms with Gasteiger partial charge in [0.1, 0.15) is 0 Å². The quantitative estimate of drug-likeness (QED) is 0.444. The fraction of sp³-hybridized carbons (Fsp3) is 0.300. The molecule has 0 spiro atoms. The molecular weight excluding hydrogens is 547 g/mol. The molecule has 0 saturated carbocycles. The molecule has 1 aromatic carbocycles. The van der Waals surface area contributed by atoms with Crippen molar-refractivity contribution >= 4 is 73.7 Å². The van der Waals surface area contributed by atoms with Crippen molar-refractivity contribution < 1.29 is 9.90 Å². The summed E-state index contributed by atoms with van der Waals surface area (Å²) in [7, 11) is 0. The molecule has 1 aromatic rings. The third kappa shape index (κ3) is 4.26. The van der Waals surface area contributed by atoms with Gasteiger partial charge in [0.15, 0.2) is 0 Å². The first-order valence-electron chi connectivity index (χ1n) is 4.52. The fourth-order valence-corrected chi connectivity index (χ4v) is 3.46. The molecule has 6 heteroatoms. The highest BCUT2D eigenvalue weighted by atomic mass is 127. The van der Waals surface area contributed by atoms with Gasteiger partial charge in [-0.05, 0) is 86.8 Å². The van der Waals surface area contributed by atoms with Crippen molar-refractivity contribution in [2.45, 2.75) is 13.0 Å². The largest absolute Gasteiger partial charge is 0.392 e. The first-order chi connectivity index (χ1) is 7.41. The molecule has 0 saturated heterocycles. The number of hydrogen-bond acceptors (Lipinski definition) is 2. The SMILES string of the molecule is C[C@@H](O)CNC(=O)c1cc(I)cc(I)c1I. The molecule has 0 radical (unpaired) electrons. The molecule has 0 aliphatic rings. The van der Waals surface area contributed by atoms with E-state index in [4.69, 9.17) is 5.11 Å². The van der Waals surface area contributed by atoms with Crippen molar-refractivity contribution in [1.82, 2.24) is 5.32 Å². The lowest BCUT2D eigenvalue weighted by Crippen LogP contribution is -2.31. The highest BCUT2D eigenvalue weighted by molar-refractivity contribution is 14.1. The third-order valence-corrected chi connectivity index (χ3v) is 5.46. The molecule has 88 valence electrons. The second-order valence-electron chi connectivity index (χ2n) is 3.31. The number of amides is 1. The van der Waals surface area contributed by atoms with Crippen molar-refractivity contribution in [3.8, 4) is 0 Å². The number of hydrogen-bond donors (Lipinski definition) is 2. The van der Waals surface area contributed by atoms with Crippen LogP contribution >= 0.6 is 67.8 Å². The van der Waals surface area contributed by atoms with Crippen LogP contribution in [0.1, 0.15) is 17.3 Å². The Labute approximate surface area is 135 Å². The average Bonchev–Trinajstić information content (AvgIpc) is 2.19. The molecule has 2 N–H and O–H groups in total. The minimum atomic E-state index is -0.525. The summed E-state index contributed by atoms with van der Waals surface area (Å²) in [6.45, 7) is 1.92. The molecule has 0 unspecified atom stereocenters. The van der Waals surface area contributed by atoms with Gasteiger partial charge in [0, 0.05) is 17.3 Å². The average molecular weight is 557 g/mol. The Bertz CT molecular complexity index is 407. The first kappa shape index (κ1) is 14.9. The minimum absolute atomic E-state index is 0.137. The van der Waals surface area contributed by atoms with E-state index in [9.17, 15) is 4.79 Å². The molecule has 0 aliphatic heterocycles. The number of halogens is 3. The van der Waals surface area contributed by atoms with Crippen LogP contribution < -0.4 is 5.32 Å². The Balaban J connectivity index is 2.91. The van der Waals surface area contributed by atoms with Gasteiger partial charge in [-0.1, -0.05) is 0 Å². The Kier molecular flexibility index (Phi) is 6.23. The zero-order valence-corrected chi connectivity index (χ0v) is 14.9. The van der Waals surface area contributed by atoms with Gasteiger partial charge in [0.05, 0.1) is 11.7 Å². The Morgan fingerprint density at radius 3 is 2.62 bits per heavy atom. The van der Waals surface area contributed by atoms with Crippen molar-refractivity contribution in [3.05, 3.63) is 28.4 Å². The highest BCUT2D eigenvalue weighted by Crippen LogP contribution is 2.22. The molecule has 0 bridgehead atoms. The number of carbonyl (C=O) groups excluding carboxylic acids is 1. The van der Waals surface area contributed by atoms with Crippen molar-refractivity contribution in [2.75, 3.05) is 6.54 Å². The number of rotatable bonds is 3. The van der Waals surface area contributed by atoms with E-state index in [0.29, 0.717) is 5.56 Å². The van der Waals surface area contributed by atoms with Crippen LogP contribution in [0.25, 0.3) is 0 Å². The maximum atomic E-state index is 11.8. The van der Waals surface area contributed by atoms with E-state index in [1.807, 2.05) is 12.1 Å². The van der Waals surface area contributed by atoms with Crippen LogP contribution in [0.15, 0.2) is 12.1 Å². The molecule has 0 aromatic heterocycles. The number of carbonyl (C=O) groups is 1. The lowest BCUT2D eigenvalue weighted by Gasteiger charge is -2.10. The van der Waals surface area contributed by atoms with Crippen molar-refractivity contribution in [3.63, 3.8) is 0 Å². The molecule has 1 rings (SSSR count). The number of aliphatic hydroxyl groups excluding tert-OH is 1. The summed E-state index contributed by atoms with van der Waals surface area (Å²) >= 11 is 6.55. The molecule has 0 fully saturated rings. The van der Waals surface area contributed by atoms with Crippen molar-refractivity contribution in [1.29, 1.82) is 0 Å². The smallest absolute Gasteiger partial charge is 0.252 e. The summed E-state index contributed by atoms with van der Waals surface area (Å²) in [5.41, 5.74) is 0.664. The maximum absolute atomic E-state index is 11.8. The van der Waals surface area contributed by atoms with Gasteiger partial charge >= 0.3 is 0 Å². The van der Waals surface area contributed by atoms with Crippen LogP contribution in [0.5, 0.6) is 0 Å². The monoisotopic (exact) mass is 557 g/mol. The molecule has 16 heavy (non-hydrogen) atoms. The van der Waals surface area contributed by atoms with E-state index >= 15 is 0 Å². The van der Waals surface area contributed by atoms with E-state index in [0.717, 1.165) is 10.7 Å². The van der Waals surface area contributed by atoms with Crippen LogP contribution in [0.2, 0.25) is 0 Å². The van der Waals surface area contributed by atoms with Crippen LogP contribution in [-0.2, 0) is 0 Å². The van der Waals surface area contributed by atoms with Crippen LogP contribution in [0, 0.1) is 10.7 Å². The fourth-order valence-electron chi connectivity index (χ4n) is 1.06. The number of benzene rings is 1. The lowest BCUT2D eigenvalue weighted by atomic mass is 10.2.